The number of hydrogen-bond acceptors (Lipinski definition) is 5. The molecule has 1 aliphatic rings. The Balaban J connectivity index is 1.47. The number of aryl methyl sites for hydroxylation is 1. The zero-order valence-corrected chi connectivity index (χ0v) is 21.2. The van der Waals surface area contributed by atoms with Gasteiger partial charge in [-0.3, -0.25) is 9.36 Å². The quantitative estimate of drug-likeness (QED) is 0.321. The molecule has 0 radical (unpaired) electrons. The number of nitrogens with one attached hydrogen (secondary N) is 2. The first-order chi connectivity index (χ1) is 16.5. The van der Waals surface area contributed by atoms with E-state index in [0.29, 0.717) is 40.2 Å². The molecule has 0 bridgehead atoms. The van der Waals surface area contributed by atoms with E-state index >= 15 is 0 Å². The SMILES string of the molecule is CCn1c(=O)c(-c2ccc(Br)cc2Cl)cc2cnc(Nc3ccc(C4CCCNC4)cc3)nc21. The van der Waals surface area contributed by atoms with Crippen LogP contribution in [0, 0.1) is 0 Å². The first-order valence-electron chi connectivity index (χ1n) is 11.5. The molecule has 0 aliphatic carbocycles. The molecule has 6 nitrogen and oxygen atoms in total. The lowest BCUT2D eigenvalue weighted by atomic mass is 9.92. The predicted octanol–water partition coefficient (Wildman–Crippen LogP) is 6.10. The van der Waals surface area contributed by atoms with Gasteiger partial charge in [-0.1, -0.05) is 45.7 Å². The first-order valence-corrected chi connectivity index (χ1v) is 12.6. The molecule has 2 aromatic heterocycles. The minimum atomic E-state index is -0.130. The molecule has 3 heterocycles. The van der Waals surface area contributed by atoms with Crippen molar-refractivity contribution < 1.29 is 0 Å². The zero-order valence-electron chi connectivity index (χ0n) is 18.8. The average molecular weight is 539 g/mol. The van der Waals surface area contributed by atoms with E-state index in [0.717, 1.165) is 28.6 Å². The molecule has 0 spiro atoms. The second kappa shape index (κ2) is 9.86. The summed E-state index contributed by atoms with van der Waals surface area (Å²) in [6.45, 7) is 4.55. The average Bonchev–Trinajstić information content (AvgIpc) is 2.85. The van der Waals surface area contributed by atoms with Crippen LogP contribution in [-0.4, -0.2) is 27.6 Å². The van der Waals surface area contributed by atoms with Crippen LogP contribution >= 0.6 is 27.5 Å². The molecule has 8 heteroatoms. The molecule has 0 amide bonds. The van der Waals surface area contributed by atoms with E-state index in [4.69, 9.17) is 11.6 Å². The first kappa shape index (κ1) is 23.0. The van der Waals surface area contributed by atoms with Gasteiger partial charge < -0.3 is 10.6 Å². The van der Waals surface area contributed by atoms with Crippen LogP contribution in [0.4, 0.5) is 11.6 Å². The highest BCUT2D eigenvalue weighted by molar-refractivity contribution is 9.10. The van der Waals surface area contributed by atoms with E-state index in [1.807, 2.05) is 25.1 Å². The van der Waals surface area contributed by atoms with Crippen LogP contribution in [0.5, 0.6) is 0 Å². The van der Waals surface area contributed by atoms with Gasteiger partial charge >= 0.3 is 0 Å². The van der Waals surface area contributed by atoms with E-state index in [1.165, 1.54) is 18.4 Å². The van der Waals surface area contributed by atoms with E-state index in [-0.39, 0.29) is 5.56 Å². The molecule has 2 N–H and O–H groups in total. The second-order valence-corrected chi connectivity index (χ2v) is 9.82. The van der Waals surface area contributed by atoms with E-state index < -0.39 is 0 Å². The lowest BCUT2D eigenvalue weighted by molar-refractivity contribution is 0.461. The number of pyridine rings is 1. The fourth-order valence-electron chi connectivity index (χ4n) is 4.52. The van der Waals surface area contributed by atoms with Gasteiger partial charge in [0, 0.05) is 51.0 Å². The number of benzene rings is 2. The zero-order chi connectivity index (χ0) is 23.7. The van der Waals surface area contributed by atoms with Gasteiger partial charge in [0.05, 0.1) is 0 Å². The van der Waals surface area contributed by atoms with Crippen molar-refractivity contribution in [1.82, 2.24) is 19.9 Å². The number of nitrogens with zero attached hydrogens (tertiary/aromatic N) is 3. The highest BCUT2D eigenvalue weighted by atomic mass is 79.9. The molecule has 5 rings (SSSR count). The molecule has 2 aromatic carbocycles. The molecule has 4 aromatic rings. The maximum atomic E-state index is 13.3. The largest absolute Gasteiger partial charge is 0.324 e. The molecule has 1 saturated heterocycles. The van der Waals surface area contributed by atoms with Crippen LogP contribution < -0.4 is 16.2 Å². The number of halogens is 2. The smallest absolute Gasteiger partial charge is 0.260 e. The molecule has 0 saturated carbocycles. The number of hydrogen-bond donors (Lipinski definition) is 2. The Hall–Kier alpha value is -2.74. The minimum absolute atomic E-state index is 0.130. The van der Waals surface area contributed by atoms with Crippen molar-refractivity contribution in [3.8, 4) is 11.1 Å². The lowest BCUT2D eigenvalue weighted by Crippen LogP contribution is -2.28. The Kier molecular flexibility index (Phi) is 6.68. The van der Waals surface area contributed by atoms with Crippen LogP contribution in [0.15, 0.2) is 64.0 Å². The molecule has 1 fully saturated rings. The Morgan fingerprint density at radius 2 is 2.00 bits per heavy atom. The summed E-state index contributed by atoms with van der Waals surface area (Å²) in [7, 11) is 0. The van der Waals surface area contributed by atoms with Gasteiger partial charge in [-0.25, -0.2) is 4.98 Å². The van der Waals surface area contributed by atoms with Crippen molar-refractivity contribution in [3.05, 3.63) is 80.1 Å². The molecular formula is C26H25BrClN5O. The van der Waals surface area contributed by atoms with Gasteiger partial charge in [0.25, 0.3) is 5.56 Å². The van der Waals surface area contributed by atoms with Gasteiger partial charge in [0.2, 0.25) is 5.95 Å². The van der Waals surface area contributed by atoms with Crippen LogP contribution in [0.1, 0.15) is 31.2 Å². The van der Waals surface area contributed by atoms with Gasteiger partial charge in [0.15, 0.2) is 0 Å². The van der Waals surface area contributed by atoms with Crippen LogP contribution in [0.2, 0.25) is 5.02 Å². The maximum Gasteiger partial charge on any atom is 0.260 e. The minimum Gasteiger partial charge on any atom is -0.324 e. The van der Waals surface area contributed by atoms with Crippen LogP contribution in [0.3, 0.4) is 0 Å². The van der Waals surface area contributed by atoms with Crippen LogP contribution in [-0.2, 0) is 6.54 Å². The third-order valence-electron chi connectivity index (χ3n) is 6.30. The number of rotatable bonds is 5. The summed E-state index contributed by atoms with van der Waals surface area (Å²) in [5.74, 6) is 1.02. The predicted molar refractivity (Wildman–Crippen MR) is 142 cm³/mol. The standard InChI is InChI=1S/C26H25BrClN5O/c1-2-33-24-18(12-22(25(33)34)21-10-7-19(27)13-23(21)28)15-30-26(32-24)31-20-8-5-16(6-9-20)17-4-3-11-29-14-17/h5-10,12-13,15,17,29H,2-4,11,14H2,1H3,(H,30,31,32). The van der Waals surface area contributed by atoms with Crippen molar-refractivity contribution in [2.75, 3.05) is 18.4 Å². The Labute approximate surface area is 211 Å². The maximum absolute atomic E-state index is 13.3. The van der Waals surface area contributed by atoms with Crippen molar-refractivity contribution in [2.45, 2.75) is 32.2 Å². The summed E-state index contributed by atoms with van der Waals surface area (Å²) >= 11 is 9.85. The number of anilines is 2. The summed E-state index contributed by atoms with van der Waals surface area (Å²) in [5, 5.41) is 8.04. The van der Waals surface area contributed by atoms with Gasteiger partial charge in [-0.2, -0.15) is 4.98 Å². The van der Waals surface area contributed by atoms with Crippen LogP contribution in [0.25, 0.3) is 22.2 Å². The van der Waals surface area contributed by atoms with Crippen molar-refractivity contribution >= 4 is 50.2 Å². The second-order valence-electron chi connectivity index (χ2n) is 8.49. The fraction of sp³-hybridized carbons (Fsp3) is 0.269. The van der Waals surface area contributed by atoms with Gasteiger partial charge in [-0.05, 0) is 68.1 Å². The summed E-state index contributed by atoms with van der Waals surface area (Å²) < 4.78 is 2.52. The molecule has 34 heavy (non-hydrogen) atoms. The van der Waals surface area contributed by atoms with E-state index in [1.54, 1.807) is 16.8 Å². The van der Waals surface area contributed by atoms with Crippen molar-refractivity contribution in [3.63, 3.8) is 0 Å². The number of fused-ring (bicyclic) bond motifs is 1. The van der Waals surface area contributed by atoms with E-state index in [2.05, 4.69) is 60.8 Å². The summed E-state index contributed by atoms with van der Waals surface area (Å²) in [6, 6.07) is 15.8. The third kappa shape index (κ3) is 4.60. The van der Waals surface area contributed by atoms with Crippen molar-refractivity contribution in [2.24, 2.45) is 0 Å². The van der Waals surface area contributed by atoms with Gasteiger partial charge in [0.1, 0.15) is 5.65 Å². The molecule has 1 aliphatic heterocycles. The summed E-state index contributed by atoms with van der Waals surface area (Å²) in [5.41, 5.74) is 3.94. The summed E-state index contributed by atoms with van der Waals surface area (Å²) in [6.07, 6.45) is 4.18. The Morgan fingerprint density at radius 1 is 1.18 bits per heavy atom. The summed E-state index contributed by atoms with van der Waals surface area (Å²) in [4.78, 5) is 22.5. The molecule has 1 atom stereocenters. The molecule has 1 unspecified atom stereocenters. The Bertz CT molecular complexity index is 1400. The molecular weight excluding hydrogens is 514 g/mol. The monoisotopic (exact) mass is 537 g/mol. The number of aromatic nitrogens is 3. The Morgan fingerprint density at radius 3 is 2.71 bits per heavy atom. The highest BCUT2D eigenvalue weighted by Crippen LogP contribution is 2.30. The fourth-order valence-corrected chi connectivity index (χ4v) is 5.29. The number of piperidine rings is 1. The lowest BCUT2D eigenvalue weighted by Gasteiger charge is -2.23. The van der Waals surface area contributed by atoms with Crippen molar-refractivity contribution in [1.29, 1.82) is 0 Å². The molecule has 174 valence electrons. The van der Waals surface area contributed by atoms with Gasteiger partial charge in [-0.15, -0.1) is 0 Å². The topological polar surface area (TPSA) is 71.8 Å². The normalized spacial score (nSPS) is 16.0. The third-order valence-corrected chi connectivity index (χ3v) is 7.11. The highest BCUT2D eigenvalue weighted by Gasteiger charge is 2.16. The van der Waals surface area contributed by atoms with E-state index in [9.17, 15) is 4.79 Å².